The second kappa shape index (κ2) is 6.45. The molecule has 0 unspecified atom stereocenters. The molecule has 4 aromatic rings. The average molecular weight is 394 g/mol. The van der Waals surface area contributed by atoms with E-state index in [0.717, 1.165) is 35.9 Å². The molecule has 1 aliphatic carbocycles. The maximum Gasteiger partial charge on any atom is 0.297 e. The number of hydrogen-bond acceptors (Lipinski definition) is 4. The minimum atomic E-state index is -0.184. The van der Waals surface area contributed by atoms with Crippen molar-refractivity contribution in [2.75, 3.05) is 0 Å². The van der Waals surface area contributed by atoms with E-state index >= 15 is 0 Å². The Labute approximate surface area is 167 Å². The zero-order valence-electron chi connectivity index (χ0n) is 15.8. The van der Waals surface area contributed by atoms with Crippen molar-refractivity contribution in [3.63, 3.8) is 0 Å². The van der Waals surface area contributed by atoms with Crippen LogP contribution < -0.4 is 5.56 Å². The highest BCUT2D eigenvalue weighted by molar-refractivity contribution is 6.30. The fourth-order valence-electron chi connectivity index (χ4n) is 4.20. The van der Waals surface area contributed by atoms with E-state index in [9.17, 15) is 4.79 Å². The first-order chi connectivity index (χ1) is 13.5. The smallest absolute Gasteiger partial charge is 0.297 e. The van der Waals surface area contributed by atoms with Gasteiger partial charge in [0.2, 0.25) is 11.3 Å². The summed E-state index contributed by atoms with van der Waals surface area (Å²) in [5.74, 6) is 0.319. The first-order valence-corrected chi connectivity index (χ1v) is 9.98. The Hall–Kier alpha value is -2.66. The first-order valence-electron chi connectivity index (χ1n) is 9.60. The average Bonchev–Trinajstić information content (AvgIpc) is 3.29. The van der Waals surface area contributed by atoms with Crippen LogP contribution in [0.5, 0.6) is 0 Å². The second-order valence-electron chi connectivity index (χ2n) is 7.73. The molecule has 3 heterocycles. The van der Waals surface area contributed by atoms with E-state index in [0.29, 0.717) is 28.7 Å². The number of nitrogens with zero attached hydrogens (tertiary/aromatic N) is 3. The fraction of sp³-hybridized carbons (Fsp3) is 0.318. The molecule has 0 bridgehead atoms. The van der Waals surface area contributed by atoms with Crippen LogP contribution in [0.15, 0.2) is 39.8 Å². The first kappa shape index (κ1) is 17.4. The molecule has 0 spiro atoms. The summed E-state index contributed by atoms with van der Waals surface area (Å²) in [6.45, 7) is 4.71. The number of halogens is 1. The molecule has 0 N–H and O–H groups in total. The number of furan rings is 1. The van der Waals surface area contributed by atoms with Crippen molar-refractivity contribution in [2.24, 2.45) is 0 Å². The number of aromatic nitrogens is 3. The summed E-state index contributed by atoms with van der Waals surface area (Å²) in [5.41, 5.74) is 5.91. The minimum absolute atomic E-state index is 0.184. The van der Waals surface area contributed by atoms with Crippen LogP contribution in [0.4, 0.5) is 0 Å². The molecule has 1 aliphatic rings. The van der Waals surface area contributed by atoms with Crippen molar-refractivity contribution < 1.29 is 4.42 Å². The van der Waals surface area contributed by atoms with Gasteiger partial charge in [-0.3, -0.25) is 9.36 Å². The lowest BCUT2D eigenvalue weighted by Gasteiger charge is -2.11. The molecule has 0 saturated heterocycles. The third kappa shape index (κ3) is 2.65. The van der Waals surface area contributed by atoms with Crippen molar-refractivity contribution in [3.8, 4) is 0 Å². The lowest BCUT2D eigenvalue weighted by atomic mass is 9.99. The summed E-state index contributed by atoms with van der Waals surface area (Å²) < 4.78 is 7.54. The number of fused-ring (bicyclic) bond motifs is 5. The van der Waals surface area contributed by atoms with Gasteiger partial charge in [0.25, 0.3) is 5.56 Å². The Morgan fingerprint density at radius 1 is 1.18 bits per heavy atom. The molecule has 142 valence electrons. The van der Waals surface area contributed by atoms with Crippen molar-refractivity contribution >= 4 is 33.8 Å². The van der Waals surface area contributed by atoms with Crippen LogP contribution in [0.1, 0.15) is 48.6 Å². The number of pyridine rings is 1. The van der Waals surface area contributed by atoms with Crippen molar-refractivity contribution in [2.45, 2.75) is 45.6 Å². The molecule has 1 aromatic carbocycles. The van der Waals surface area contributed by atoms with Gasteiger partial charge in [0.1, 0.15) is 5.52 Å². The SMILES string of the molecule is CC(C)c1nc2oc3c(=O)n(Cc4ccc(Cl)cc4)cnc3c2c2c1CCC2. The molecule has 5 nitrogen and oxygen atoms in total. The molecule has 28 heavy (non-hydrogen) atoms. The topological polar surface area (TPSA) is 60.9 Å². The van der Waals surface area contributed by atoms with Crippen LogP contribution in [0.2, 0.25) is 5.02 Å². The summed E-state index contributed by atoms with van der Waals surface area (Å²) in [5, 5.41) is 1.59. The van der Waals surface area contributed by atoms with E-state index in [-0.39, 0.29) is 11.1 Å². The Morgan fingerprint density at radius 2 is 1.93 bits per heavy atom. The summed E-state index contributed by atoms with van der Waals surface area (Å²) in [4.78, 5) is 22.4. The largest absolute Gasteiger partial charge is 0.430 e. The highest BCUT2D eigenvalue weighted by Crippen LogP contribution is 2.37. The van der Waals surface area contributed by atoms with E-state index in [1.807, 2.05) is 24.3 Å². The lowest BCUT2D eigenvalue weighted by Crippen LogP contribution is -2.20. The van der Waals surface area contributed by atoms with Crippen LogP contribution in [0, 0.1) is 0 Å². The highest BCUT2D eigenvalue weighted by Gasteiger charge is 2.26. The van der Waals surface area contributed by atoms with Crippen molar-refractivity contribution in [1.29, 1.82) is 0 Å². The third-order valence-corrected chi connectivity index (χ3v) is 5.76. The molecule has 0 amide bonds. The molecule has 6 heteroatoms. The van der Waals surface area contributed by atoms with Crippen molar-refractivity contribution in [1.82, 2.24) is 14.5 Å². The van der Waals surface area contributed by atoms with Gasteiger partial charge in [0.05, 0.1) is 24.0 Å². The van der Waals surface area contributed by atoms with Gasteiger partial charge in [-0.2, -0.15) is 0 Å². The van der Waals surface area contributed by atoms with Gasteiger partial charge < -0.3 is 4.42 Å². The normalized spacial score (nSPS) is 13.7. The molecule has 0 radical (unpaired) electrons. The summed E-state index contributed by atoms with van der Waals surface area (Å²) in [7, 11) is 0. The molecular weight excluding hydrogens is 374 g/mol. The number of rotatable bonds is 3. The molecular formula is C22H20ClN3O2. The van der Waals surface area contributed by atoms with Gasteiger partial charge in [0, 0.05) is 5.02 Å². The molecule has 0 saturated carbocycles. The van der Waals surface area contributed by atoms with Gasteiger partial charge in [-0.05, 0) is 54.0 Å². The van der Waals surface area contributed by atoms with Crippen LogP contribution in [0.3, 0.4) is 0 Å². The van der Waals surface area contributed by atoms with Crippen LogP contribution in [-0.2, 0) is 19.4 Å². The summed E-state index contributed by atoms with van der Waals surface area (Å²) in [6.07, 6.45) is 4.73. The summed E-state index contributed by atoms with van der Waals surface area (Å²) in [6, 6.07) is 7.44. The van der Waals surface area contributed by atoms with Gasteiger partial charge in [0.15, 0.2) is 0 Å². The summed E-state index contributed by atoms with van der Waals surface area (Å²) >= 11 is 5.95. The van der Waals surface area contributed by atoms with E-state index in [2.05, 4.69) is 18.8 Å². The Kier molecular flexibility index (Phi) is 4.02. The minimum Gasteiger partial charge on any atom is -0.430 e. The standard InChI is InChI=1S/C22H20ClN3O2/c1-12(2)18-16-5-3-4-15(16)17-19-20(28-21(17)25-18)22(27)26(11-24-19)10-13-6-8-14(23)9-7-13/h6-9,11-12H,3-5,10H2,1-2H3. The number of benzene rings is 1. The predicted octanol–water partition coefficient (Wildman–Crippen LogP) is 4.85. The van der Waals surface area contributed by atoms with Gasteiger partial charge in [-0.25, -0.2) is 9.97 Å². The maximum absolute atomic E-state index is 13.1. The highest BCUT2D eigenvalue weighted by atomic mass is 35.5. The monoisotopic (exact) mass is 393 g/mol. The quantitative estimate of drug-likeness (QED) is 0.499. The fourth-order valence-corrected chi connectivity index (χ4v) is 4.32. The predicted molar refractivity (Wildman–Crippen MR) is 110 cm³/mol. The number of aryl methyl sites for hydroxylation is 1. The zero-order chi connectivity index (χ0) is 19.4. The third-order valence-electron chi connectivity index (χ3n) is 5.51. The van der Waals surface area contributed by atoms with Gasteiger partial charge >= 0.3 is 0 Å². The molecule has 0 atom stereocenters. The van der Waals surface area contributed by atoms with Crippen LogP contribution in [0.25, 0.3) is 22.2 Å². The van der Waals surface area contributed by atoms with Gasteiger partial charge in [-0.15, -0.1) is 0 Å². The zero-order valence-corrected chi connectivity index (χ0v) is 16.6. The van der Waals surface area contributed by atoms with Crippen LogP contribution in [-0.4, -0.2) is 14.5 Å². The maximum atomic E-state index is 13.1. The molecule has 5 rings (SSSR count). The van der Waals surface area contributed by atoms with E-state index in [4.69, 9.17) is 21.0 Å². The van der Waals surface area contributed by atoms with E-state index in [1.165, 1.54) is 11.1 Å². The van der Waals surface area contributed by atoms with Crippen molar-refractivity contribution in [3.05, 3.63) is 68.4 Å². The molecule has 0 aliphatic heterocycles. The van der Waals surface area contributed by atoms with E-state index < -0.39 is 0 Å². The second-order valence-corrected chi connectivity index (χ2v) is 8.16. The Morgan fingerprint density at radius 3 is 2.68 bits per heavy atom. The van der Waals surface area contributed by atoms with E-state index in [1.54, 1.807) is 10.9 Å². The van der Waals surface area contributed by atoms with Gasteiger partial charge in [-0.1, -0.05) is 37.6 Å². The number of hydrogen-bond donors (Lipinski definition) is 0. The Balaban J connectivity index is 1.70. The Bertz CT molecular complexity index is 1270. The lowest BCUT2D eigenvalue weighted by molar-refractivity contribution is 0.626. The van der Waals surface area contributed by atoms with Crippen LogP contribution >= 0.6 is 11.6 Å². The molecule has 3 aromatic heterocycles. The molecule has 0 fully saturated rings.